The highest BCUT2D eigenvalue weighted by atomic mass is 16.5. The third-order valence-electron chi connectivity index (χ3n) is 4.23. The third-order valence-corrected chi connectivity index (χ3v) is 4.23. The molecule has 0 aliphatic rings. The van der Waals surface area contributed by atoms with Crippen LogP contribution in [0.15, 0.2) is 55.1 Å². The summed E-state index contributed by atoms with van der Waals surface area (Å²) in [6, 6.07) is 10.3. The number of hydrogen-bond acceptors (Lipinski definition) is 4. The largest absolute Gasteiger partial charge is 0.496 e. The number of rotatable bonds is 8. The molecule has 2 aromatic rings. The molecule has 2 rings (SSSR count). The van der Waals surface area contributed by atoms with E-state index in [1.165, 1.54) is 11.0 Å². The Labute approximate surface area is 165 Å². The fourth-order valence-corrected chi connectivity index (χ4v) is 2.73. The van der Waals surface area contributed by atoms with E-state index in [0.717, 1.165) is 11.1 Å². The van der Waals surface area contributed by atoms with Gasteiger partial charge in [-0.25, -0.2) is 0 Å². The first-order valence-electron chi connectivity index (χ1n) is 8.81. The summed E-state index contributed by atoms with van der Waals surface area (Å²) in [5, 5.41) is 0. The van der Waals surface area contributed by atoms with Crippen molar-refractivity contribution in [3.8, 4) is 11.5 Å². The zero-order valence-corrected chi connectivity index (χ0v) is 16.7. The predicted octanol–water partition coefficient (Wildman–Crippen LogP) is 4.03. The smallest absolute Gasteiger partial charge is 0.253 e. The van der Waals surface area contributed by atoms with E-state index < -0.39 is 0 Å². The van der Waals surface area contributed by atoms with E-state index in [1.54, 1.807) is 70.8 Å². The van der Waals surface area contributed by atoms with Crippen LogP contribution in [0.25, 0.3) is 6.08 Å². The highest BCUT2D eigenvalue weighted by Crippen LogP contribution is 2.30. The maximum Gasteiger partial charge on any atom is 0.253 e. The summed E-state index contributed by atoms with van der Waals surface area (Å²) in [5.74, 6) is 1.06. The van der Waals surface area contributed by atoms with Crippen LogP contribution in [0.5, 0.6) is 11.5 Å². The van der Waals surface area contributed by atoms with Gasteiger partial charge in [-0.1, -0.05) is 18.2 Å². The van der Waals surface area contributed by atoms with Crippen molar-refractivity contribution >= 4 is 17.8 Å². The van der Waals surface area contributed by atoms with Crippen LogP contribution in [-0.2, 0) is 6.42 Å². The second-order valence-electron chi connectivity index (χ2n) is 6.37. The monoisotopic (exact) mass is 379 g/mol. The van der Waals surface area contributed by atoms with E-state index >= 15 is 0 Å². The molecule has 146 valence electrons. The molecule has 0 N–H and O–H groups in total. The molecule has 5 nitrogen and oxygen atoms in total. The molecule has 0 aliphatic heterocycles. The fraction of sp³-hybridized carbons (Fsp3) is 0.217. The maximum absolute atomic E-state index is 12.5. The molecule has 2 aromatic carbocycles. The predicted molar refractivity (Wildman–Crippen MR) is 111 cm³/mol. The molecule has 0 radical (unpaired) electrons. The molecule has 28 heavy (non-hydrogen) atoms. The van der Waals surface area contributed by atoms with Gasteiger partial charge in [0.05, 0.1) is 14.2 Å². The maximum atomic E-state index is 12.5. The number of ketones is 1. The standard InChI is InChI=1S/C23H25NO4/c1-6-7-18-14-19(22(28-5)15-21(18)27-4)12-13-20(25)16-8-10-17(11-9-16)23(26)24(2)3/h6,8-15H,1,7H2,2-5H3/b13-12+. The number of methoxy groups -OCH3 is 2. The van der Waals surface area contributed by atoms with Crippen LogP contribution >= 0.6 is 0 Å². The summed E-state index contributed by atoms with van der Waals surface area (Å²) in [7, 11) is 6.55. The summed E-state index contributed by atoms with van der Waals surface area (Å²) in [6.45, 7) is 3.76. The lowest BCUT2D eigenvalue weighted by molar-refractivity contribution is 0.0827. The van der Waals surface area contributed by atoms with E-state index in [0.29, 0.717) is 29.0 Å². The van der Waals surface area contributed by atoms with Crippen LogP contribution in [-0.4, -0.2) is 44.9 Å². The minimum absolute atomic E-state index is 0.104. The van der Waals surface area contributed by atoms with E-state index in [4.69, 9.17) is 9.47 Å². The molecule has 0 unspecified atom stereocenters. The van der Waals surface area contributed by atoms with E-state index in [2.05, 4.69) is 6.58 Å². The molecule has 0 aromatic heterocycles. The van der Waals surface area contributed by atoms with Gasteiger partial charge in [0, 0.05) is 36.9 Å². The quantitative estimate of drug-likeness (QED) is 0.395. The van der Waals surface area contributed by atoms with E-state index in [9.17, 15) is 9.59 Å². The Balaban J connectivity index is 2.27. The van der Waals surface area contributed by atoms with Crippen LogP contribution in [0.2, 0.25) is 0 Å². The number of ether oxygens (including phenoxy) is 2. The lowest BCUT2D eigenvalue weighted by Gasteiger charge is -2.12. The second-order valence-corrected chi connectivity index (χ2v) is 6.37. The topological polar surface area (TPSA) is 55.8 Å². The SMILES string of the molecule is C=CCc1cc(/C=C/C(=O)c2ccc(C(=O)N(C)C)cc2)c(OC)cc1OC. The Morgan fingerprint density at radius 2 is 1.61 bits per heavy atom. The van der Waals surface area contributed by atoms with Gasteiger partial charge >= 0.3 is 0 Å². The Bertz CT molecular complexity index is 896. The minimum atomic E-state index is -0.160. The van der Waals surface area contributed by atoms with Crippen LogP contribution in [0, 0.1) is 0 Å². The molecule has 0 saturated heterocycles. The third kappa shape index (κ3) is 4.88. The van der Waals surface area contributed by atoms with Crippen LogP contribution < -0.4 is 9.47 Å². The summed E-state index contributed by atoms with van der Waals surface area (Å²) < 4.78 is 10.8. The molecule has 1 amide bonds. The van der Waals surface area contributed by atoms with Crippen LogP contribution in [0.3, 0.4) is 0 Å². The molecule has 0 spiro atoms. The van der Waals surface area contributed by atoms with E-state index in [-0.39, 0.29) is 11.7 Å². The van der Waals surface area contributed by atoms with Crippen molar-refractivity contribution < 1.29 is 19.1 Å². The average Bonchev–Trinajstić information content (AvgIpc) is 2.71. The molecular weight excluding hydrogens is 354 g/mol. The number of hydrogen-bond donors (Lipinski definition) is 0. The van der Waals surface area contributed by atoms with Gasteiger partial charge in [-0.2, -0.15) is 0 Å². The van der Waals surface area contributed by atoms with Crippen LogP contribution in [0.1, 0.15) is 31.8 Å². The Morgan fingerprint density at radius 3 is 2.14 bits per heavy atom. The summed E-state index contributed by atoms with van der Waals surface area (Å²) in [6.07, 6.45) is 5.64. The number of allylic oxidation sites excluding steroid dienone is 2. The van der Waals surface area contributed by atoms with Gasteiger partial charge in [0.25, 0.3) is 5.91 Å². The van der Waals surface area contributed by atoms with Crippen molar-refractivity contribution in [1.29, 1.82) is 0 Å². The minimum Gasteiger partial charge on any atom is -0.496 e. The summed E-state index contributed by atoms with van der Waals surface area (Å²) in [5.41, 5.74) is 2.77. The molecule has 0 fully saturated rings. The van der Waals surface area contributed by atoms with Gasteiger partial charge in [-0.15, -0.1) is 6.58 Å². The number of carbonyl (C=O) groups is 2. The average molecular weight is 379 g/mol. The normalized spacial score (nSPS) is 10.6. The molecular formula is C23H25NO4. The van der Waals surface area contributed by atoms with E-state index in [1.807, 2.05) is 6.07 Å². The zero-order valence-electron chi connectivity index (χ0n) is 16.7. The first-order chi connectivity index (χ1) is 13.4. The van der Waals surface area contributed by atoms with Gasteiger partial charge in [0.2, 0.25) is 0 Å². The Hall–Kier alpha value is -3.34. The Morgan fingerprint density at radius 1 is 1.00 bits per heavy atom. The first kappa shape index (κ1) is 21.0. The number of amides is 1. The number of nitrogens with zero attached hydrogens (tertiary/aromatic N) is 1. The number of carbonyl (C=O) groups excluding carboxylic acids is 2. The molecule has 0 aliphatic carbocycles. The second kappa shape index (κ2) is 9.55. The molecule has 0 heterocycles. The summed E-state index contributed by atoms with van der Waals surface area (Å²) in [4.78, 5) is 25.9. The Kier molecular flexibility index (Phi) is 7.15. The van der Waals surface area contributed by atoms with Crippen molar-refractivity contribution in [2.45, 2.75) is 6.42 Å². The zero-order chi connectivity index (χ0) is 20.7. The van der Waals surface area contributed by atoms with Crippen LogP contribution in [0.4, 0.5) is 0 Å². The summed E-state index contributed by atoms with van der Waals surface area (Å²) >= 11 is 0. The molecule has 0 bridgehead atoms. The first-order valence-corrected chi connectivity index (χ1v) is 8.81. The van der Waals surface area contributed by atoms with Crippen molar-refractivity contribution in [2.24, 2.45) is 0 Å². The highest BCUT2D eigenvalue weighted by molar-refractivity contribution is 6.07. The van der Waals surface area contributed by atoms with Crippen molar-refractivity contribution in [1.82, 2.24) is 4.90 Å². The van der Waals surface area contributed by atoms with Gasteiger partial charge in [0.1, 0.15) is 11.5 Å². The lowest BCUT2D eigenvalue weighted by atomic mass is 10.0. The van der Waals surface area contributed by atoms with Gasteiger partial charge in [0.15, 0.2) is 5.78 Å². The van der Waals surface area contributed by atoms with Crippen molar-refractivity contribution in [2.75, 3.05) is 28.3 Å². The molecule has 5 heteroatoms. The van der Waals surface area contributed by atoms with Gasteiger partial charge < -0.3 is 14.4 Å². The van der Waals surface area contributed by atoms with Crippen molar-refractivity contribution in [3.63, 3.8) is 0 Å². The lowest BCUT2D eigenvalue weighted by Crippen LogP contribution is -2.21. The number of benzene rings is 2. The van der Waals surface area contributed by atoms with Gasteiger partial charge in [-0.05, 0) is 42.3 Å². The van der Waals surface area contributed by atoms with Gasteiger partial charge in [-0.3, -0.25) is 9.59 Å². The van der Waals surface area contributed by atoms with Crippen molar-refractivity contribution in [3.05, 3.63) is 77.4 Å². The molecule has 0 saturated carbocycles. The molecule has 0 atom stereocenters. The highest BCUT2D eigenvalue weighted by Gasteiger charge is 2.11. The fourth-order valence-electron chi connectivity index (χ4n) is 2.73.